The van der Waals surface area contributed by atoms with Crippen LogP contribution in [0, 0.1) is 17.2 Å². The number of nitriles is 1. The second-order valence-corrected chi connectivity index (χ2v) is 6.86. The Morgan fingerprint density at radius 3 is 2.68 bits per heavy atom. The van der Waals surface area contributed by atoms with E-state index in [1.807, 2.05) is 6.07 Å². The fourth-order valence-corrected chi connectivity index (χ4v) is 2.63. The molecule has 0 atom stereocenters. The molecule has 0 aromatic heterocycles. The van der Waals surface area contributed by atoms with Gasteiger partial charge in [-0.1, -0.05) is 19.9 Å². The first-order chi connectivity index (χ1) is 8.95. The number of hydrogen-bond donors (Lipinski definition) is 0. The van der Waals surface area contributed by atoms with Crippen LogP contribution in [0.5, 0.6) is 0 Å². The lowest BCUT2D eigenvalue weighted by molar-refractivity contribution is 0.137. The van der Waals surface area contributed by atoms with Crippen LogP contribution in [0.4, 0.5) is 0 Å². The Bertz CT molecular complexity index is 544. The predicted molar refractivity (Wildman–Crippen MR) is 73.5 cm³/mol. The number of benzene rings is 1. The van der Waals surface area contributed by atoms with Crippen LogP contribution in [-0.4, -0.2) is 27.4 Å². The zero-order valence-electron chi connectivity index (χ0n) is 11.3. The third-order valence-corrected chi connectivity index (χ3v) is 4.33. The molecule has 0 N–H and O–H groups in total. The molecule has 4 nitrogen and oxygen atoms in total. The highest BCUT2D eigenvalue weighted by Crippen LogP contribution is 2.13. The fraction of sp³-hybridized carbons (Fsp3) is 0.500. The van der Waals surface area contributed by atoms with Crippen molar-refractivity contribution >= 4 is 9.84 Å². The average molecular weight is 281 g/mol. The molecule has 0 fully saturated rings. The topological polar surface area (TPSA) is 67.2 Å². The lowest BCUT2D eigenvalue weighted by atomic mass is 10.1. The maximum atomic E-state index is 12.0. The van der Waals surface area contributed by atoms with Crippen LogP contribution in [0.2, 0.25) is 0 Å². The monoisotopic (exact) mass is 281 g/mol. The highest BCUT2D eigenvalue weighted by atomic mass is 32.2. The number of hydrogen-bond acceptors (Lipinski definition) is 4. The Morgan fingerprint density at radius 1 is 1.32 bits per heavy atom. The summed E-state index contributed by atoms with van der Waals surface area (Å²) in [6, 6.07) is 7.99. The van der Waals surface area contributed by atoms with E-state index in [9.17, 15) is 8.42 Å². The second kappa shape index (κ2) is 7.27. The SMILES string of the molecule is CC(C)CCOCCS(=O)(=O)c1cccc(C#N)c1. The van der Waals surface area contributed by atoms with E-state index in [2.05, 4.69) is 13.8 Å². The minimum absolute atomic E-state index is 0.0556. The summed E-state index contributed by atoms with van der Waals surface area (Å²) >= 11 is 0. The normalized spacial score (nSPS) is 11.5. The number of nitrogens with zero attached hydrogens (tertiary/aromatic N) is 1. The zero-order chi connectivity index (χ0) is 14.3. The Balaban J connectivity index is 2.54. The molecule has 19 heavy (non-hydrogen) atoms. The third kappa shape index (κ3) is 5.41. The van der Waals surface area contributed by atoms with Gasteiger partial charge in [-0.25, -0.2) is 8.42 Å². The molecule has 0 bridgehead atoms. The molecule has 0 amide bonds. The molecular weight excluding hydrogens is 262 g/mol. The zero-order valence-corrected chi connectivity index (χ0v) is 12.1. The largest absolute Gasteiger partial charge is 0.380 e. The highest BCUT2D eigenvalue weighted by Gasteiger charge is 2.14. The molecule has 1 aromatic rings. The van der Waals surface area contributed by atoms with Crippen LogP contribution in [0.25, 0.3) is 0 Å². The van der Waals surface area contributed by atoms with Crippen molar-refractivity contribution in [2.75, 3.05) is 19.0 Å². The van der Waals surface area contributed by atoms with Gasteiger partial charge in [0.25, 0.3) is 0 Å². The first-order valence-electron chi connectivity index (χ1n) is 6.26. The molecule has 0 aliphatic rings. The molecule has 0 saturated heterocycles. The molecule has 0 radical (unpaired) electrons. The van der Waals surface area contributed by atoms with Gasteiger partial charge in [0, 0.05) is 6.61 Å². The minimum atomic E-state index is -3.37. The molecule has 0 aliphatic heterocycles. The lowest BCUT2D eigenvalue weighted by Gasteiger charge is -2.07. The number of rotatable bonds is 7. The summed E-state index contributed by atoms with van der Waals surface area (Å²) in [5.74, 6) is 0.490. The van der Waals surface area contributed by atoms with Crippen molar-refractivity contribution in [2.45, 2.75) is 25.2 Å². The summed E-state index contributed by atoms with van der Waals surface area (Å²) in [6.45, 7) is 4.94. The molecule has 0 spiro atoms. The van der Waals surface area contributed by atoms with Gasteiger partial charge >= 0.3 is 0 Å². The molecule has 5 heteroatoms. The van der Waals surface area contributed by atoms with Crippen LogP contribution < -0.4 is 0 Å². The Labute approximate surface area is 114 Å². The van der Waals surface area contributed by atoms with Gasteiger partial charge in [-0.05, 0) is 30.5 Å². The van der Waals surface area contributed by atoms with E-state index in [0.29, 0.717) is 18.1 Å². The van der Waals surface area contributed by atoms with Gasteiger partial charge in [-0.15, -0.1) is 0 Å². The second-order valence-electron chi connectivity index (χ2n) is 4.75. The van der Waals surface area contributed by atoms with E-state index >= 15 is 0 Å². The maximum absolute atomic E-state index is 12.0. The van der Waals surface area contributed by atoms with Crippen molar-refractivity contribution in [3.63, 3.8) is 0 Å². The Kier molecular flexibility index (Phi) is 6.00. The molecular formula is C14H19NO3S. The minimum Gasteiger partial charge on any atom is -0.380 e. The summed E-state index contributed by atoms with van der Waals surface area (Å²) in [5, 5.41) is 8.76. The highest BCUT2D eigenvalue weighted by molar-refractivity contribution is 7.91. The van der Waals surface area contributed by atoms with Crippen molar-refractivity contribution in [3.05, 3.63) is 29.8 Å². The van der Waals surface area contributed by atoms with Gasteiger partial charge in [0.2, 0.25) is 0 Å². The van der Waals surface area contributed by atoms with Gasteiger partial charge in [-0.2, -0.15) is 5.26 Å². The van der Waals surface area contributed by atoms with E-state index in [1.54, 1.807) is 12.1 Å². The summed E-state index contributed by atoms with van der Waals surface area (Å²) in [7, 11) is -3.37. The first kappa shape index (κ1) is 15.7. The first-order valence-corrected chi connectivity index (χ1v) is 7.91. The molecule has 0 unspecified atom stereocenters. The average Bonchev–Trinajstić information content (AvgIpc) is 2.38. The van der Waals surface area contributed by atoms with Crippen molar-refractivity contribution in [3.8, 4) is 6.07 Å². The summed E-state index contributed by atoms with van der Waals surface area (Å²) in [5.41, 5.74) is 0.349. The molecule has 104 valence electrons. The van der Waals surface area contributed by atoms with Crippen LogP contribution in [-0.2, 0) is 14.6 Å². The van der Waals surface area contributed by atoms with E-state index in [4.69, 9.17) is 10.00 Å². The smallest absolute Gasteiger partial charge is 0.180 e. The van der Waals surface area contributed by atoms with Crippen LogP contribution in [0.3, 0.4) is 0 Å². The Morgan fingerprint density at radius 2 is 2.05 bits per heavy atom. The third-order valence-electron chi connectivity index (χ3n) is 2.66. The van der Waals surface area contributed by atoms with Crippen molar-refractivity contribution in [2.24, 2.45) is 5.92 Å². The van der Waals surface area contributed by atoms with Gasteiger partial charge < -0.3 is 4.74 Å². The van der Waals surface area contributed by atoms with Gasteiger partial charge in [-0.3, -0.25) is 0 Å². The molecule has 0 aliphatic carbocycles. The van der Waals surface area contributed by atoms with Crippen LogP contribution in [0.15, 0.2) is 29.2 Å². The number of sulfone groups is 1. The van der Waals surface area contributed by atoms with Crippen molar-refractivity contribution in [1.82, 2.24) is 0 Å². The van der Waals surface area contributed by atoms with Crippen LogP contribution >= 0.6 is 0 Å². The van der Waals surface area contributed by atoms with Gasteiger partial charge in [0.1, 0.15) is 0 Å². The fourth-order valence-electron chi connectivity index (χ4n) is 1.47. The molecule has 0 heterocycles. The van der Waals surface area contributed by atoms with Gasteiger partial charge in [0.05, 0.1) is 28.9 Å². The van der Waals surface area contributed by atoms with E-state index < -0.39 is 9.84 Å². The van der Waals surface area contributed by atoms with E-state index in [0.717, 1.165) is 6.42 Å². The summed E-state index contributed by atoms with van der Waals surface area (Å²) in [6.07, 6.45) is 0.921. The summed E-state index contributed by atoms with van der Waals surface area (Å²) < 4.78 is 29.3. The van der Waals surface area contributed by atoms with Crippen molar-refractivity contribution < 1.29 is 13.2 Å². The van der Waals surface area contributed by atoms with Crippen molar-refractivity contribution in [1.29, 1.82) is 5.26 Å². The Hall–Kier alpha value is -1.38. The number of ether oxygens (including phenoxy) is 1. The maximum Gasteiger partial charge on any atom is 0.180 e. The van der Waals surface area contributed by atoms with Gasteiger partial charge in [0.15, 0.2) is 9.84 Å². The quantitative estimate of drug-likeness (QED) is 0.720. The van der Waals surface area contributed by atoms with Crippen LogP contribution in [0.1, 0.15) is 25.8 Å². The van der Waals surface area contributed by atoms with E-state index in [-0.39, 0.29) is 17.3 Å². The van der Waals surface area contributed by atoms with E-state index in [1.165, 1.54) is 12.1 Å². The molecule has 1 aromatic carbocycles. The molecule has 1 rings (SSSR count). The molecule has 0 saturated carbocycles. The lowest BCUT2D eigenvalue weighted by Crippen LogP contribution is -2.13. The standard InChI is InChI=1S/C14H19NO3S/c1-12(2)6-7-18-8-9-19(16,17)14-5-3-4-13(10-14)11-15/h3-5,10,12H,6-9H2,1-2H3. The summed E-state index contributed by atoms with van der Waals surface area (Å²) in [4.78, 5) is 0.180. The predicted octanol–water partition coefficient (Wildman–Crippen LogP) is 2.39.